The fourth-order valence-electron chi connectivity index (χ4n) is 2.09. The second-order valence-electron chi connectivity index (χ2n) is 4.16. The van der Waals surface area contributed by atoms with Crippen LogP contribution in [0.4, 0.5) is 0 Å². The maximum absolute atomic E-state index is 8.81. The molecule has 2 N–H and O–H groups in total. The number of likely N-dealkylation sites (N-methyl/N-ethyl adjacent to an activating group) is 1. The highest BCUT2D eigenvalue weighted by Gasteiger charge is 2.36. The molecule has 1 rings (SSSR count). The smallest absolute Gasteiger partial charge is 0.0558 e. The third-order valence-corrected chi connectivity index (χ3v) is 2.82. The molecule has 1 saturated heterocycles. The van der Waals surface area contributed by atoms with Gasteiger partial charge >= 0.3 is 0 Å². The summed E-state index contributed by atoms with van der Waals surface area (Å²) < 4.78 is 0. The fourth-order valence-corrected chi connectivity index (χ4v) is 2.09. The Morgan fingerprint density at radius 1 is 1.58 bits per heavy atom. The summed E-state index contributed by atoms with van der Waals surface area (Å²) in [5.74, 6) is 0. The largest absolute Gasteiger partial charge is 0.395 e. The van der Waals surface area contributed by atoms with Crippen molar-refractivity contribution in [2.45, 2.75) is 31.8 Å². The number of aliphatic hydroxyl groups excluding tert-OH is 1. The molecule has 0 aromatic carbocycles. The second-order valence-corrected chi connectivity index (χ2v) is 4.16. The number of nitrogens with one attached hydrogen (secondary N) is 1. The third-order valence-electron chi connectivity index (χ3n) is 2.82. The molecule has 12 heavy (non-hydrogen) atoms. The zero-order valence-electron chi connectivity index (χ0n) is 8.30. The van der Waals surface area contributed by atoms with Crippen molar-refractivity contribution in [3.05, 3.63) is 0 Å². The maximum Gasteiger partial charge on any atom is 0.0558 e. The van der Waals surface area contributed by atoms with Crippen LogP contribution in [0.25, 0.3) is 0 Å². The second kappa shape index (κ2) is 3.73. The van der Waals surface area contributed by atoms with Crippen molar-refractivity contribution in [2.24, 2.45) is 0 Å². The number of nitrogens with zero attached hydrogens (tertiary/aromatic N) is 1. The monoisotopic (exact) mass is 172 g/mol. The number of hydrogen-bond acceptors (Lipinski definition) is 3. The van der Waals surface area contributed by atoms with Crippen molar-refractivity contribution in [3.8, 4) is 0 Å². The van der Waals surface area contributed by atoms with Gasteiger partial charge in [0.05, 0.1) is 6.61 Å². The molecule has 0 aromatic heterocycles. The molecule has 0 amide bonds. The van der Waals surface area contributed by atoms with Crippen LogP contribution >= 0.6 is 0 Å². The molecule has 3 heteroatoms. The Hall–Kier alpha value is -0.120. The van der Waals surface area contributed by atoms with Crippen LogP contribution in [0.3, 0.4) is 0 Å². The van der Waals surface area contributed by atoms with E-state index in [0.29, 0.717) is 6.04 Å². The average Bonchev–Trinajstić information content (AvgIpc) is 2.30. The molecule has 0 radical (unpaired) electrons. The molecule has 0 aliphatic carbocycles. The van der Waals surface area contributed by atoms with Gasteiger partial charge in [0, 0.05) is 18.1 Å². The van der Waals surface area contributed by atoms with E-state index in [9.17, 15) is 0 Å². The lowest BCUT2D eigenvalue weighted by Gasteiger charge is -2.34. The molecule has 1 aliphatic rings. The number of rotatable bonds is 3. The van der Waals surface area contributed by atoms with Crippen molar-refractivity contribution < 1.29 is 5.11 Å². The first-order valence-electron chi connectivity index (χ1n) is 4.64. The molecule has 72 valence electrons. The van der Waals surface area contributed by atoms with E-state index in [1.54, 1.807) is 0 Å². The molecule has 1 aliphatic heterocycles. The highest BCUT2D eigenvalue weighted by atomic mass is 16.3. The Labute approximate surface area is 74.8 Å². The van der Waals surface area contributed by atoms with E-state index in [4.69, 9.17) is 5.11 Å². The quantitative estimate of drug-likeness (QED) is 0.631. The summed E-state index contributed by atoms with van der Waals surface area (Å²) in [6.45, 7) is 6.56. The van der Waals surface area contributed by atoms with E-state index in [1.165, 1.54) is 6.42 Å². The van der Waals surface area contributed by atoms with Crippen LogP contribution in [0.2, 0.25) is 0 Å². The van der Waals surface area contributed by atoms with Crippen molar-refractivity contribution in [2.75, 3.05) is 26.7 Å². The SMILES string of the molecule is CN(CCO)[C@H]1CCNC1(C)C. The molecule has 0 unspecified atom stereocenters. The van der Waals surface area contributed by atoms with Crippen LogP contribution in [0.1, 0.15) is 20.3 Å². The van der Waals surface area contributed by atoms with E-state index in [2.05, 4.69) is 31.1 Å². The summed E-state index contributed by atoms with van der Waals surface area (Å²) >= 11 is 0. The van der Waals surface area contributed by atoms with Gasteiger partial charge in [-0.3, -0.25) is 4.90 Å². The van der Waals surface area contributed by atoms with Crippen LogP contribution in [0.15, 0.2) is 0 Å². The van der Waals surface area contributed by atoms with Gasteiger partial charge in [-0.05, 0) is 33.9 Å². The van der Waals surface area contributed by atoms with Gasteiger partial charge in [0.15, 0.2) is 0 Å². The van der Waals surface area contributed by atoms with E-state index in [-0.39, 0.29) is 12.1 Å². The Bertz CT molecular complexity index is 147. The summed E-state index contributed by atoms with van der Waals surface area (Å²) in [7, 11) is 2.08. The van der Waals surface area contributed by atoms with Crippen LogP contribution < -0.4 is 5.32 Å². The molecular weight excluding hydrogens is 152 g/mol. The van der Waals surface area contributed by atoms with Crippen molar-refractivity contribution >= 4 is 0 Å². The Balaban J connectivity index is 2.50. The molecule has 0 spiro atoms. The molecule has 1 heterocycles. The summed E-state index contributed by atoms with van der Waals surface area (Å²) in [4.78, 5) is 2.24. The lowest BCUT2D eigenvalue weighted by molar-refractivity contribution is 0.145. The van der Waals surface area contributed by atoms with Crippen LogP contribution in [0, 0.1) is 0 Å². The minimum atomic E-state index is 0.198. The zero-order chi connectivity index (χ0) is 9.19. The highest BCUT2D eigenvalue weighted by molar-refractivity contribution is 4.97. The number of hydrogen-bond donors (Lipinski definition) is 2. The molecule has 0 bridgehead atoms. The van der Waals surface area contributed by atoms with Crippen LogP contribution in [-0.2, 0) is 0 Å². The number of aliphatic hydroxyl groups is 1. The molecule has 3 nitrogen and oxygen atoms in total. The lowest BCUT2D eigenvalue weighted by atomic mass is 9.96. The zero-order valence-corrected chi connectivity index (χ0v) is 8.30. The summed E-state index contributed by atoms with van der Waals surface area (Å²) in [5.41, 5.74) is 0.198. The molecule has 0 saturated carbocycles. The average molecular weight is 172 g/mol. The summed E-state index contributed by atoms with van der Waals surface area (Å²) in [6, 6.07) is 0.560. The van der Waals surface area contributed by atoms with E-state index in [0.717, 1.165) is 13.1 Å². The predicted molar refractivity (Wildman–Crippen MR) is 50.2 cm³/mol. The lowest BCUT2D eigenvalue weighted by Crippen LogP contribution is -2.50. The van der Waals surface area contributed by atoms with Gasteiger partial charge in [0.2, 0.25) is 0 Å². The Morgan fingerprint density at radius 3 is 2.67 bits per heavy atom. The minimum absolute atomic E-state index is 0.198. The van der Waals surface area contributed by atoms with Gasteiger partial charge in [-0.1, -0.05) is 0 Å². The normalized spacial score (nSPS) is 28.2. The van der Waals surface area contributed by atoms with Gasteiger partial charge in [-0.2, -0.15) is 0 Å². The Morgan fingerprint density at radius 2 is 2.25 bits per heavy atom. The molecular formula is C9H20N2O. The standard InChI is InChI=1S/C9H20N2O/c1-9(2)8(4-5-10-9)11(3)6-7-12/h8,10,12H,4-7H2,1-3H3/t8-/m0/s1. The van der Waals surface area contributed by atoms with Crippen LogP contribution in [-0.4, -0.2) is 48.3 Å². The molecule has 1 atom stereocenters. The molecule has 0 aromatic rings. The van der Waals surface area contributed by atoms with Gasteiger partial charge in [0.25, 0.3) is 0 Å². The topological polar surface area (TPSA) is 35.5 Å². The minimum Gasteiger partial charge on any atom is -0.395 e. The Kier molecular flexibility index (Phi) is 3.09. The highest BCUT2D eigenvalue weighted by Crippen LogP contribution is 2.22. The van der Waals surface area contributed by atoms with Crippen LogP contribution in [0.5, 0.6) is 0 Å². The summed E-state index contributed by atoms with van der Waals surface area (Å²) in [5, 5.41) is 12.3. The van der Waals surface area contributed by atoms with E-state index in [1.807, 2.05) is 0 Å². The van der Waals surface area contributed by atoms with Crippen molar-refractivity contribution in [1.29, 1.82) is 0 Å². The summed E-state index contributed by atoms with van der Waals surface area (Å²) in [6.07, 6.45) is 1.18. The van der Waals surface area contributed by atoms with Gasteiger partial charge in [-0.15, -0.1) is 0 Å². The first-order valence-corrected chi connectivity index (χ1v) is 4.64. The third kappa shape index (κ3) is 1.97. The van der Waals surface area contributed by atoms with E-state index >= 15 is 0 Å². The maximum atomic E-state index is 8.81. The first-order chi connectivity index (χ1) is 5.58. The van der Waals surface area contributed by atoms with Crippen molar-refractivity contribution in [3.63, 3.8) is 0 Å². The fraction of sp³-hybridized carbons (Fsp3) is 1.00. The van der Waals surface area contributed by atoms with Gasteiger partial charge in [0.1, 0.15) is 0 Å². The van der Waals surface area contributed by atoms with E-state index < -0.39 is 0 Å². The first kappa shape index (κ1) is 9.96. The van der Waals surface area contributed by atoms with Gasteiger partial charge < -0.3 is 10.4 Å². The van der Waals surface area contributed by atoms with Gasteiger partial charge in [-0.25, -0.2) is 0 Å². The van der Waals surface area contributed by atoms with Crippen molar-refractivity contribution in [1.82, 2.24) is 10.2 Å². The predicted octanol–water partition coefficient (Wildman–Crippen LogP) is 0.0510. The molecule has 1 fully saturated rings.